The van der Waals surface area contributed by atoms with E-state index in [2.05, 4.69) is 10.4 Å². The van der Waals surface area contributed by atoms with E-state index in [4.69, 9.17) is 0 Å². The lowest BCUT2D eigenvalue weighted by molar-refractivity contribution is 0.0743. The summed E-state index contributed by atoms with van der Waals surface area (Å²) in [4.78, 5) is 14.4. The van der Waals surface area contributed by atoms with Gasteiger partial charge in [0.25, 0.3) is 5.91 Å². The summed E-state index contributed by atoms with van der Waals surface area (Å²) in [7, 11) is 1.81. The highest BCUT2D eigenvalue weighted by molar-refractivity contribution is 5.95. The molecule has 124 valence electrons. The summed E-state index contributed by atoms with van der Waals surface area (Å²) in [6, 6.07) is 6.61. The van der Waals surface area contributed by atoms with Gasteiger partial charge in [0.2, 0.25) is 0 Å². The van der Waals surface area contributed by atoms with Crippen LogP contribution < -0.4 is 5.32 Å². The number of halogens is 2. The van der Waals surface area contributed by atoms with Crippen molar-refractivity contribution in [3.8, 4) is 5.69 Å². The van der Waals surface area contributed by atoms with Crippen molar-refractivity contribution in [3.05, 3.63) is 47.5 Å². The second-order valence-electron chi connectivity index (χ2n) is 5.57. The van der Waals surface area contributed by atoms with E-state index in [1.807, 2.05) is 0 Å². The summed E-state index contributed by atoms with van der Waals surface area (Å²) in [6.45, 7) is 3.52. The maximum atomic E-state index is 13.9. The Bertz CT molecular complexity index is 697. The summed E-state index contributed by atoms with van der Waals surface area (Å²) < 4.78 is 15.4. The van der Waals surface area contributed by atoms with Gasteiger partial charge >= 0.3 is 0 Å². The fourth-order valence-corrected chi connectivity index (χ4v) is 2.81. The minimum atomic E-state index is -0.360. The molecule has 0 aliphatic carbocycles. The number of hydrogen-bond donors (Lipinski definition) is 1. The standard InChI is InChI=1S/C16H19FN4O.ClH/c1-11-13(16(22)20(2)12-7-8-18-9-12)10-19-21(11)15-6-4-3-5-14(15)17;/h3-6,10,12,18H,7-9H2,1-2H3;1H. The predicted octanol–water partition coefficient (Wildman–Crippen LogP) is 2.18. The molecule has 0 radical (unpaired) electrons. The van der Waals surface area contributed by atoms with Gasteiger partial charge in [0.1, 0.15) is 11.5 Å². The summed E-state index contributed by atoms with van der Waals surface area (Å²) >= 11 is 0. The lowest BCUT2D eigenvalue weighted by atomic mass is 10.1. The lowest BCUT2D eigenvalue weighted by Gasteiger charge is -2.23. The SMILES string of the molecule is Cc1c(C(=O)N(C)C2CCNC2)cnn1-c1ccccc1F.Cl. The number of hydrogen-bond acceptors (Lipinski definition) is 3. The highest BCUT2D eigenvalue weighted by Gasteiger charge is 2.26. The molecule has 3 rings (SSSR count). The molecule has 1 aliphatic heterocycles. The third-order valence-electron chi connectivity index (χ3n) is 4.22. The van der Waals surface area contributed by atoms with Crippen molar-refractivity contribution >= 4 is 18.3 Å². The molecule has 1 aromatic carbocycles. The molecule has 1 N–H and O–H groups in total. The fourth-order valence-electron chi connectivity index (χ4n) is 2.81. The summed E-state index contributed by atoms with van der Waals surface area (Å²) in [6.07, 6.45) is 2.46. The van der Waals surface area contributed by atoms with Gasteiger partial charge in [-0.3, -0.25) is 4.79 Å². The molecule has 1 aliphatic rings. The smallest absolute Gasteiger partial charge is 0.257 e. The van der Waals surface area contributed by atoms with Gasteiger partial charge in [-0.1, -0.05) is 12.1 Å². The number of carbonyl (C=O) groups excluding carboxylic acids is 1. The van der Waals surface area contributed by atoms with Crippen LogP contribution >= 0.6 is 12.4 Å². The van der Waals surface area contributed by atoms with Crippen LogP contribution in [0.3, 0.4) is 0 Å². The average molecular weight is 339 g/mol. The lowest BCUT2D eigenvalue weighted by Crippen LogP contribution is -2.38. The molecule has 2 heterocycles. The van der Waals surface area contributed by atoms with Gasteiger partial charge in [0.15, 0.2) is 0 Å². The summed E-state index contributed by atoms with van der Waals surface area (Å²) in [5.41, 5.74) is 1.51. The van der Waals surface area contributed by atoms with E-state index in [0.717, 1.165) is 19.5 Å². The third-order valence-corrected chi connectivity index (χ3v) is 4.22. The molecule has 1 unspecified atom stereocenters. The first-order chi connectivity index (χ1) is 10.6. The highest BCUT2D eigenvalue weighted by atomic mass is 35.5. The Morgan fingerprint density at radius 3 is 2.83 bits per heavy atom. The Labute approximate surface area is 140 Å². The quantitative estimate of drug-likeness (QED) is 0.933. The monoisotopic (exact) mass is 338 g/mol. The first-order valence-electron chi connectivity index (χ1n) is 7.37. The van der Waals surface area contributed by atoms with Crippen molar-refractivity contribution in [1.82, 2.24) is 20.0 Å². The molecule has 23 heavy (non-hydrogen) atoms. The number of rotatable bonds is 3. The second kappa shape index (κ2) is 7.10. The second-order valence-corrected chi connectivity index (χ2v) is 5.57. The van der Waals surface area contributed by atoms with Crippen molar-refractivity contribution in [1.29, 1.82) is 0 Å². The first-order valence-corrected chi connectivity index (χ1v) is 7.37. The molecule has 1 fully saturated rings. The molecular weight excluding hydrogens is 319 g/mol. The van der Waals surface area contributed by atoms with Crippen LogP contribution in [0.4, 0.5) is 4.39 Å². The van der Waals surface area contributed by atoms with Crippen LogP contribution in [0.2, 0.25) is 0 Å². The topological polar surface area (TPSA) is 50.2 Å². The van der Waals surface area contributed by atoms with E-state index >= 15 is 0 Å². The fraction of sp³-hybridized carbons (Fsp3) is 0.375. The Balaban J connectivity index is 0.00000192. The van der Waals surface area contributed by atoms with E-state index in [9.17, 15) is 9.18 Å². The number of carbonyl (C=O) groups is 1. The molecule has 1 saturated heterocycles. The number of nitrogens with zero attached hydrogens (tertiary/aromatic N) is 3. The van der Waals surface area contributed by atoms with Crippen molar-refractivity contribution in [2.75, 3.05) is 20.1 Å². The van der Waals surface area contributed by atoms with Gasteiger partial charge in [0, 0.05) is 19.6 Å². The maximum Gasteiger partial charge on any atom is 0.257 e. The van der Waals surface area contributed by atoms with Crippen molar-refractivity contribution in [2.24, 2.45) is 0 Å². The molecule has 0 saturated carbocycles. The van der Waals surface area contributed by atoms with E-state index in [1.165, 1.54) is 16.9 Å². The normalized spacial score (nSPS) is 16.9. The Morgan fingerprint density at radius 1 is 1.43 bits per heavy atom. The largest absolute Gasteiger partial charge is 0.337 e. The molecule has 1 aromatic heterocycles. The van der Waals surface area contributed by atoms with Crippen LogP contribution in [0.25, 0.3) is 5.69 Å². The minimum absolute atomic E-state index is 0. The van der Waals surface area contributed by atoms with Crippen LogP contribution in [-0.2, 0) is 0 Å². The zero-order chi connectivity index (χ0) is 15.7. The average Bonchev–Trinajstić information content (AvgIpc) is 3.16. The van der Waals surface area contributed by atoms with Crippen LogP contribution in [0.5, 0.6) is 0 Å². The first kappa shape index (κ1) is 17.4. The highest BCUT2D eigenvalue weighted by Crippen LogP contribution is 2.19. The number of amides is 1. The van der Waals surface area contributed by atoms with Crippen LogP contribution in [-0.4, -0.2) is 46.8 Å². The van der Waals surface area contributed by atoms with Crippen molar-refractivity contribution in [2.45, 2.75) is 19.4 Å². The van der Waals surface area contributed by atoms with Crippen LogP contribution in [0, 0.1) is 12.7 Å². The van der Waals surface area contributed by atoms with Gasteiger partial charge in [-0.05, 0) is 32.0 Å². The predicted molar refractivity (Wildman–Crippen MR) is 88.9 cm³/mol. The molecule has 0 spiro atoms. The van der Waals surface area contributed by atoms with Crippen molar-refractivity contribution in [3.63, 3.8) is 0 Å². The molecule has 1 atom stereocenters. The number of likely N-dealkylation sites (N-methyl/N-ethyl adjacent to an activating group) is 1. The number of benzene rings is 1. The maximum absolute atomic E-state index is 13.9. The van der Waals surface area contributed by atoms with E-state index < -0.39 is 0 Å². The van der Waals surface area contributed by atoms with Gasteiger partial charge in [-0.25, -0.2) is 9.07 Å². The Morgan fingerprint density at radius 2 is 2.17 bits per heavy atom. The molecule has 1 amide bonds. The summed E-state index contributed by atoms with van der Waals surface area (Å²) in [5.74, 6) is -0.435. The molecule has 0 bridgehead atoms. The van der Waals surface area contributed by atoms with Gasteiger partial charge in [-0.15, -0.1) is 12.4 Å². The molecule has 7 heteroatoms. The van der Waals surface area contributed by atoms with Crippen molar-refractivity contribution < 1.29 is 9.18 Å². The number of nitrogens with one attached hydrogen (secondary N) is 1. The molecule has 5 nitrogen and oxygen atoms in total. The Kier molecular flexibility index (Phi) is 5.38. The zero-order valence-corrected chi connectivity index (χ0v) is 13.9. The Hall–Kier alpha value is -1.92. The molecular formula is C16H20ClFN4O. The van der Waals surface area contributed by atoms with E-state index in [-0.39, 0.29) is 30.2 Å². The summed E-state index contributed by atoms with van der Waals surface area (Å²) in [5, 5.41) is 7.44. The van der Waals surface area contributed by atoms with E-state index in [1.54, 1.807) is 37.1 Å². The van der Waals surface area contributed by atoms with Gasteiger partial charge in [-0.2, -0.15) is 5.10 Å². The van der Waals surface area contributed by atoms with Crippen LogP contribution in [0.15, 0.2) is 30.5 Å². The third kappa shape index (κ3) is 3.23. The van der Waals surface area contributed by atoms with Gasteiger partial charge < -0.3 is 10.2 Å². The van der Waals surface area contributed by atoms with Gasteiger partial charge in [0.05, 0.1) is 17.5 Å². The van der Waals surface area contributed by atoms with Crippen LogP contribution in [0.1, 0.15) is 22.5 Å². The zero-order valence-electron chi connectivity index (χ0n) is 13.1. The number of aromatic nitrogens is 2. The molecule has 2 aromatic rings. The minimum Gasteiger partial charge on any atom is -0.337 e. The number of para-hydroxylation sites is 1. The van der Waals surface area contributed by atoms with E-state index in [0.29, 0.717) is 16.9 Å².